The Kier molecular flexibility index (Phi) is 5.90. The molecule has 0 aliphatic rings. The van der Waals surface area contributed by atoms with Crippen molar-refractivity contribution in [1.29, 1.82) is 0 Å². The summed E-state index contributed by atoms with van der Waals surface area (Å²) in [7, 11) is 0. The first kappa shape index (κ1) is 20.5. The number of anilines is 3. The van der Waals surface area contributed by atoms with Gasteiger partial charge in [-0.3, -0.25) is 0 Å². The van der Waals surface area contributed by atoms with Crippen molar-refractivity contribution < 1.29 is 0 Å². The summed E-state index contributed by atoms with van der Waals surface area (Å²) < 4.78 is 1.67. The van der Waals surface area contributed by atoms with Gasteiger partial charge in [0.2, 0.25) is 11.9 Å². The number of hydrazone groups is 1. The average molecular weight is 433 g/mol. The van der Waals surface area contributed by atoms with Gasteiger partial charge in [-0.05, 0) is 56.7 Å². The Hall–Kier alpha value is -3.78. The van der Waals surface area contributed by atoms with Crippen molar-refractivity contribution in [1.82, 2.24) is 24.7 Å². The van der Waals surface area contributed by atoms with E-state index in [2.05, 4.69) is 35.9 Å². The smallest absolute Gasteiger partial charge is 0.257 e. The van der Waals surface area contributed by atoms with E-state index >= 15 is 0 Å². The number of hydrogen-bond donors (Lipinski definition) is 2. The monoisotopic (exact) mass is 432 g/mol. The second kappa shape index (κ2) is 8.93. The van der Waals surface area contributed by atoms with Crippen molar-refractivity contribution in [3.63, 3.8) is 0 Å². The fourth-order valence-corrected chi connectivity index (χ4v) is 3.00. The van der Waals surface area contributed by atoms with E-state index in [1.165, 1.54) is 5.56 Å². The molecule has 2 heterocycles. The van der Waals surface area contributed by atoms with Crippen LogP contribution in [0.2, 0.25) is 5.02 Å². The van der Waals surface area contributed by atoms with Gasteiger partial charge in [0.25, 0.3) is 5.95 Å². The molecule has 31 heavy (non-hydrogen) atoms. The molecular weight excluding hydrogens is 412 g/mol. The van der Waals surface area contributed by atoms with Crippen molar-refractivity contribution >= 4 is 35.4 Å². The molecule has 0 radical (unpaired) electrons. The fraction of sp³-hybridized carbons (Fsp3) is 0.136. The molecule has 0 saturated heterocycles. The van der Waals surface area contributed by atoms with Crippen molar-refractivity contribution in [2.75, 3.05) is 10.7 Å². The standard InChI is InChI=1S/C22H21ClN8/c1-14-4-6-17(7-5-14)13-24-29-21-26-20(25-19-10-8-18(23)9-11-19)27-22(28-21)31-16(3)12-15(2)30-31/h4-13H,1-3H3,(H2,25,26,27,28,29)/b24-13-. The van der Waals surface area contributed by atoms with Gasteiger partial charge >= 0.3 is 0 Å². The Balaban J connectivity index is 1.64. The topological polar surface area (TPSA) is 92.9 Å². The number of aromatic nitrogens is 5. The maximum absolute atomic E-state index is 5.97. The SMILES string of the molecule is Cc1ccc(/C=N\Nc2nc(Nc3ccc(Cl)cc3)nc(-n3nc(C)cc3C)n2)cc1. The lowest BCUT2D eigenvalue weighted by molar-refractivity contribution is 0.767. The quantitative estimate of drug-likeness (QED) is 0.335. The van der Waals surface area contributed by atoms with E-state index in [4.69, 9.17) is 11.6 Å². The lowest BCUT2D eigenvalue weighted by Crippen LogP contribution is -2.11. The van der Waals surface area contributed by atoms with Crippen LogP contribution in [-0.2, 0) is 0 Å². The average Bonchev–Trinajstić information content (AvgIpc) is 3.09. The van der Waals surface area contributed by atoms with Crippen molar-refractivity contribution in [2.45, 2.75) is 20.8 Å². The number of benzene rings is 2. The molecule has 4 aromatic rings. The van der Waals surface area contributed by atoms with E-state index in [9.17, 15) is 0 Å². The molecule has 0 bridgehead atoms. The van der Waals surface area contributed by atoms with Crippen LogP contribution in [0, 0.1) is 20.8 Å². The van der Waals surface area contributed by atoms with E-state index in [0.717, 1.165) is 22.6 Å². The summed E-state index contributed by atoms with van der Waals surface area (Å²) in [5, 5.41) is 12.5. The third-order valence-electron chi connectivity index (χ3n) is 4.38. The van der Waals surface area contributed by atoms with E-state index < -0.39 is 0 Å². The van der Waals surface area contributed by atoms with Crippen LogP contribution in [0.25, 0.3) is 5.95 Å². The third kappa shape index (κ3) is 5.23. The van der Waals surface area contributed by atoms with Gasteiger partial charge in [0, 0.05) is 16.4 Å². The molecule has 0 fully saturated rings. The van der Waals surface area contributed by atoms with Gasteiger partial charge in [0.1, 0.15) is 0 Å². The predicted octanol–water partition coefficient (Wildman–Crippen LogP) is 4.83. The summed E-state index contributed by atoms with van der Waals surface area (Å²) in [6.07, 6.45) is 1.71. The number of nitrogens with zero attached hydrogens (tertiary/aromatic N) is 6. The number of halogens is 1. The van der Waals surface area contributed by atoms with Gasteiger partial charge < -0.3 is 5.32 Å². The lowest BCUT2D eigenvalue weighted by atomic mass is 10.2. The first-order valence-corrected chi connectivity index (χ1v) is 10.0. The van der Waals surface area contributed by atoms with E-state index in [1.54, 1.807) is 23.0 Å². The highest BCUT2D eigenvalue weighted by molar-refractivity contribution is 6.30. The first-order chi connectivity index (χ1) is 15.0. The fourth-order valence-electron chi connectivity index (χ4n) is 2.88. The maximum atomic E-state index is 5.97. The molecule has 0 unspecified atom stereocenters. The highest BCUT2D eigenvalue weighted by Gasteiger charge is 2.12. The molecule has 0 amide bonds. The highest BCUT2D eigenvalue weighted by Crippen LogP contribution is 2.19. The highest BCUT2D eigenvalue weighted by atomic mass is 35.5. The first-order valence-electron chi connectivity index (χ1n) is 9.64. The number of aryl methyl sites for hydroxylation is 3. The number of nitrogens with one attached hydrogen (secondary N) is 2. The van der Waals surface area contributed by atoms with Crippen LogP contribution in [0.4, 0.5) is 17.6 Å². The minimum atomic E-state index is 0.289. The zero-order chi connectivity index (χ0) is 21.8. The van der Waals surface area contributed by atoms with Crippen molar-refractivity contribution in [2.24, 2.45) is 5.10 Å². The van der Waals surface area contributed by atoms with Gasteiger partial charge in [-0.25, -0.2) is 10.1 Å². The van der Waals surface area contributed by atoms with E-state index in [0.29, 0.717) is 16.9 Å². The zero-order valence-corrected chi connectivity index (χ0v) is 18.1. The molecule has 0 saturated carbocycles. The van der Waals surface area contributed by atoms with Crippen LogP contribution < -0.4 is 10.7 Å². The minimum Gasteiger partial charge on any atom is -0.324 e. The Bertz CT molecular complexity index is 1210. The molecule has 2 N–H and O–H groups in total. The molecule has 2 aromatic heterocycles. The normalized spacial score (nSPS) is 11.1. The molecule has 4 rings (SSSR count). The van der Waals surface area contributed by atoms with Gasteiger partial charge in [-0.1, -0.05) is 41.4 Å². The van der Waals surface area contributed by atoms with Gasteiger partial charge in [-0.15, -0.1) is 0 Å². The van der Waals surface area contributed by atoms with Crippen LogP contribution >= 0.6 is 11.6 Å². The summed E-state index contributed by atoms with van der Waals surface area (Å²) >= 11 is 5.97. The summed E-state index contributed by atoms with van der Waals surface area (Å²) in [6.45, 7) is 5.90. The Morgan fingerprint density at radius 1 is 0.903 bits per heavy atom. The van der Waals surface area contributed by atoms with Crippen LogP contribution in [0.15, 0.2) is 59.7 Å². The Labute approximate surface area is 185 Å². The molecule has 0 atom stereocenters. The van der Waals surface area contributed by atoms with Gasteiger partial charge in [0.05, 0.1) is 11.9 Å². The van der Waals surface area contributed by atoms with Gasteiger partial charge in [-0.2, -0.15) is 25.2 Å². The van der Waals surface area contributed by atoms with Crippen LogP contribution in [0.3, 0.4) is 0 Å². The summed E-state index contributed by atoms with van der Waals surface area (Å²) in [5.41, 5.74) is 7.62. The van der Waals surface area contributed by atoms with Gasteiger partial charge in [0.15, 0.2) is 0 Å². The molecule has 8 nitrogen and oxygen atoms in total. The lowest BCUT2D eigenvalue weighted by Gasteiger charge is -2.09. The Morgan fingerprint density at radius 3 is 2.29 bits per heavy atom. The minimum absolute atomic E-state index is 0.289. The molecule has 9 heteroatoms. The summed E-state index contributed by atoms with van der Waals surface area (Å²) in [4.78, 5) is 13.4. The Morgan fingerprint density at radius 2 is 1.61 bits per heavy atom. The van der Waals surface area contributed by atoms with Crippen LogP contribution in [-0.4, -0.2) is 30.9 Å². The molecule has 0 aliphatic carbocycles. The van der Waals surface area contributed by atoms with Crippen LogP contribution in [0.1, 0.15) is 22.5 Å². The largest absolute Gasteiger partial charge is 0.324 e. The molecule has 0 spiro atoms. The second-order valence-electron chi connectivity index (χ2n) is 7.03. The number of hydrogen-bond acceptors (Lipinski definition) is 7. The zero-order valence-electron chi connectivity index (χ0n) is 17.3. The number of rotatable bonds is 6. The molecule has 2 aromatic carbocycles. The van der Waals surface area contributed by atoms with Crippen molar-refractivity contribution in [3.8, 4) is 5.95 Å². The summed E-state index contributed by atoms with van der Waals surface area (Å²) in [5.74, 6) is 1.02. The summed E-state index contributed by atoms with van der Waals surface area (Å²) in [6, 6.07) is 17.3. The maximum Gasteiger partial charge on any atom is 0.257 e. The molecule has 156 valence electrons. The third-order valence-corrected chi connectivity index (χ3v) is 4.63. The van der Waals surface area contributed by atoms with E-state index in [-0.39, 0.29) is 5.95 Å². The van der Waals surface area contributed by atoms with E-state index in [1.807, 2.05) is 63.2 Å². The van der Waals surface area contributed by atoms with Crippen molar-refractivity contribution in [3.05, 3.63) is 82.1 Å². The van der Waals surface area contributed by atoms with Crippen LogP contribution in [0.5, 0.6) is 0 Å². The molecule has 0 aliphatic heterocycles. The predicted molar refractivity (Wildman–Crippen MR) is 124 cm³/mol. The molecular formula is C22H21ClN8. The second-order valence-corrected chi connectivity index (χ2v) is 7.47.